The highest BCUT2D eigenvalue weighted by molar-refractivity contribution is 8.14. The number of hydrogen-bond acceptors (Lipinski definition) is 3. The molecule has 1 amide bonds. The number of aliphatic imine (C=N–C) groups is 1. The zero-order valence-electron chi connectivity index (χ0n) is 17.1. The van der Waals surface area contributed by atoms with Gasteiger partial charge in [-0.1, -0.05) is 57.0 Å². The molecule has 2 aliphatic rings. The Labute approximate surface area is 168 Å². The third kappa shape index (κ3) is 4.87. The predicted molar refractivity (Wildman–Crippen MR) is 117 cm³/mol. The van der Waals surface area contributed by atoms with E-state index < -0.39 is 0 Å². The molecule has 27 heavy (non-hydrogen) atoms. The van der Waals surface area contributed by atoms with Gasteiger partial charge in [-0.05, 0) is 42.4 Å². The molecule has 1 saturated heterocycles. The highest BCUT2D eigenvalue weighted by Gasteiger charge is 2.34. The maximum atomic E-state index is 12.5. The molecule has 3 rings (SSSR count). The number of rotatable bonds is 5. The van der Waals surface area contributed by atoms with Gasteiger partial charge in [0.25, 0.3) is 0 Å². The molecule has 0 radical (unpaired) electrons. The van der Waals surface area contributed by atoms with Crippen LogP contribution >= 0.6 is 11.8 Å². The fourth-order valence-electron chi connectivity index (χ4n) is 4.06. The van der Waals surface area contributed by atoms with Crippen LogP contribution in [0.1, 0.15) is 64.4 Å². The number of amidine groups is 1. The first-order valence-corrected chi connectivity index (χ1v) is 11.3. The van der Waals surface area contributed by atoms with E-state index in [2.05, 4.69) is 50.1 Å². The molecule has 148 valence electrons. The molecule has 1 aromatic carbocycles. The zero-order valence-corrected chi connectivity index (χ0v) is 18.0. The second-order valence-corrected chi connectivity index (χ2v) is 9.15. The Morgan fingerprint density at radius 1 is 1.22 bits per heavy atom. The number of anilines is 1. The van der Waals surface area contributed by atoms with Crippen molar-refractivity contribution in [1.29, 1.82) is 0 Å². The normalized spacial score (nSPS) is 22.6. The molecule has 1 atom stereocenters. The Hall–Kier alpha value is -1.49. The van der Waals surface area contributed by atoms with Gasteiger partial charge in [0.2, 0.25) is 5.91 Å². The van der Waals surface area contributed by atoms with Crippen molar-refractivity contribution in [2.24, 2.45) is 10.9 Å². The molecule has 0 spiro atoms. The molecule has 4 nitrogen and oxygen atoms in total. The number of benzene rings is 1. The summed E-state index contributed by atoms with van der Waals surface area (Å²) >= 11 is 1.78. The van der Waals surface area contributed by atoms with E-state index in [1.807, 2.05) is 4.90 Å². The van der Waals surface area contributed by atoms with Gasteiger partial charge in [-0.2, -0.15) is 0 Å². The van der Waals surface area contributed by atoms with Crippen LogP contribution in [0.5, 0.6) is 0 Å². The van der Waals surface area contributed by atoms with E-state index in [0.29, 0.717) is 5.92 Å². The SMILES string of the molecule is CC(=O)N(c1ccc(C(C)C)cc1)C1CSC(=NCC2CCCCC2)N1C. The molecule has 1 aromatic rings. The lowest BCUT2D eigenvalue weighted by Crippen LogP contribution is -2.48. The number of carbonyl (C=O) groups is 1. The van der Waals surface area contributed by atoms with Crippen molar-refractivity contribution in [3.05, 3.63) is 29.8 Å². The molecule has 5 heteroatoms. The van der Waals surface area contributed by atoms with Crippen LogP contribution in [0.15, 0.2) is 29.3 Å². The van der Waals surface area contributed by atoms with Crippen molar-refractivity contribution in [2.75, 3.05) is 24.2 Å². The molecular formula is C22H33N3OS. The highest BCUT2D eigenvalue weighted by atomic mass is 32.2. The van der Waals surface area contributed by atoms with Crippen LogP contribution in [0.4, 0.5) is 5.69 Å². The van der Waals surface area contributed by atoms with Crippen LogP contribution in [0.25, 0.3) is 0 Å². The van der Waals surface area contributed by atoms with Crippen LogP contribution in [-0.2, 0) is 4.79 Å². The molecule has 0 aromatic heterocycles. The average Bonchev–Trinajstić information content (AvgIpc) is 3.02. The number of hydrogen-bond donors (Lipinski definition) is 0. The minimum atomic E-state index is 0.0301. The molecule has 1 heterocycles. The first kappa shape index (κ1) is 20.2. The molecule has 1 aliphatic carbocycles. The third-order valence-electron chi connectivity index (χ3n) is 5.80. The van der Waals surface area contributed by atoms with E-state index in [0.717, 1.165) is 29.1 Å². The lowest BCUT2D eigenvalue weighted by atomic mass is 9.89. The maximum absolute atomic E-state index is 12.5. The molecule has 1 saturated carbocycles. The van der Waals surface area contributed by atoms with Gasteiger partial charge in [0.05, 0.1) is 0 Å². The highest BCUT2D eigenvalue weighted by Crippen LogP contribution is 2.31. The first-order valence-electron chi connectivity index (χ1n) is 10.3. The summed E-state index contributed by atoms with van der Waals surface area (Å²) in [6.45, 7) is 6.97. The molecular weight excluding hydrogens is 354 g/mol. The summed E-state index contributed by atoms with van der Waals surface area (Å²) in [6, 6.07) is 8.42. The van der Waals surface area contributed by atoms with Crippen molar-refractivity contribution in [1.82, 2.24) is 4.90 Å². The van der Waals surface area contributed by atoms with Crippen LogP contribution in [0.3, 0.4) is 0 Å². The average molecular weight is 388 g/mol. The minimum Gasteiger partial charge on any atom is -0.333 e. The van der Waals surface area contributed by atoms with E-state index in [-0.39, 0.29) is 12.1 Å². The quantitative estimate of drug-likeness (QED) is 0.705. The smallest absolute Gasteiger partial charge is 0.225 e. The minimum absolute atomic E-state index is 0.0301. The summed E-state index contributed by atoms with van der Waals surface area (Å²) in [5.74, 6) is 2.18. The third-order valence-corrected chi connectivity index (χ3v) is 6.94. The van der Waals surface area contributed by atoms with Crippen molar-refractivity contribution in [3.8, 4) is 0 Å². The van der Waals surface area contributed by atoms with Gasteiger partial charge in [-0.15, -0.1) is 0 Å². The summed E-state index contributed by atoms with van der Waals surface area (Å²) in [4.78, 5) is 21.5. The molecule has 2 fully saturated rings. The lowest BCUT2D eigenvalue weighted by molar-refractivity contribution is -0.117. The number of nitrogens with zero attached hydrogens (tertiary/aromatic N) is 3. The van der Waals surface area contributed by atoms with Gasteiger partial charge < -0.3 is 4.90 Å². The summed E-state index contributed by atoms with van der Waals surface area (Å²) < 4.78 is 0. The molecule has 0 N–H and O–H groups in total. The van der Waals surface area contributed by atoms with Crippen LogP contribution in [0, 0.1) is 5.92 Å². The monoisotopic (exact) mass is 387 g/mol. The van der Waals surface area contributed by atoms with E-state index in [1.165, 1.54) is 37.7 Å². The van der Waals surface area contributed by atoms with Gasteiger partial charge in [-0.25, -0.2) is 0 Å². The summed E-state index contributed by atoms with van der Waals surface area (Å²) in [5.41, 5.74) is 2.27. The van der Waals surface area contributed by atoms with Crippen LogP contribution in [0.2, 0.25) is 0 Å². The standard InChI is InChI=1S/C22H33N3OS/c1-16(2)19-10-12-20(13-11-19)25(17(3)26)21-15-27-22(24(21)4)23-14-18-8-6-5-7-9-18/h10-13,16,18,21H,5-9,14-15H2,1-4H3. The van der Waals surface area contributed by atoms with Gasteiger partial charge in [0, 0.05) is 32.0 Å². The Morgan fingerprint density at radius 3 is 2.48 bits per heavy atom. The summed E-state index contributed by atoms with van der Waals surface area (Å²) in [6.07, 6.45) is 6.75. The van der Waals surface area contributed by atoms with Crippen molar-refractivity contribution < 1.29 is 4.79 Å². The maximum Gasteiger partial charge on any atom is 0.225 e. The Kier molecular flexibility index (Phi) is 6.85. The van der Waals surface area contributed by atoms with Crippen LogP contribution < -0.4 is 4.90 Å². The van der Waals surface area contributed by atoms with Crippen LogP contribution in [-0.4, -0.2) is 41.5 Å². The second-order valence-electron chi connectivity index (χ2n) is 8.17. The summed E-state index contributed by atoms with van der Waals surface area (Å²) in [7, 11) is 2.07. The number of amides is 1. The topological polar surface area (TPSA) is 35.9 Å². The van der Waals surface area contributed by atoms with Gasteiger partial charge >= 0.3 is 0 Å². The van der Waals surface area contributed by atoms with Crippen molar-refractivity contribution in [3.63, 3.8) is 0 Å². The Bertz CT molecular complexity index is 665. The van der Waals surface area contributed by atoms with Gasteiger partial charge in [0.1, 0.15) is 6.17 Å². The van der Waals surface area contributed by atoms with E-state index in [4.69, 9.17) is 4.99 Å². The van der Waals surface area contributed by atoms with E-state index >= 15 is 0 Å². The van der Waals surface area contributed by atoms with Gasteiger partial charge in [-0.3, -0.25) is 14.7 Å². The molecule has 1 unspecified atom stereocenters. The first-order chi connectivity index (χ1) is 13.0. The molecule has 0 bridgehead atoms. The summed E-state index contributed by atoms with van der Waals surface area (Å²) in [5, 5.41) is 1.08. The molecule has 1 aliphatic heterocycles. The largest absolute Gasteiger partial charge is 0.333 e. The lowest BCUT2D eigenvalue weighted by Gasteiger charge is -2.33. The van der Waals surface area contributed by atoms with E-state index in [9.17, 15) is 4.79 Å². The van der Waals surface area contributed by atoms with E-state index in [1.54, 1.807) is 18.7 Å². The fourth-order valence-corrected chi connectivity index (χ4v) is 5.22. The zero-order chi connectivity index (χ0) is 19.4. The second kappa shape index (κ2) is 9.13. The Balaban J connectivity index is 1.71. The number of thioether (sulfide) groups is 1. The number of carbonyl (C=O) groups excluding carboxylic acids is 1. The predicted octanol–water partition coefficient (Wildman–Crippen LogP) is 5.10. The fraction of sp³-hybridized carbons (Fsp3) is 0.636. The van der Waals surface area contributed by atoms with Gasteiger partial charge in [0.15, 0.2) is 5.17 Å². The van der Waals surface area contributed by atoms with Crippen molar-refractivity contribution >= 4 is 28.5 Å². The van der Waals surface area contributed by atoms with Crippen molar-refractivity contribution in [2.45, 2.75) is 65.0 Å². The Morgan fingerprint density at radius 2 is 1.89 bits per heavy atom.